The maximum absolute atomic E-state index is 10.5. The lowest BCUT2D eigenvalue weighted by molar-refractivity contribution is -0.142. The van der Waals surface area contributed by atoms with Crippen molar-refractivity contribution in [1.82, 2.24) is 5.32 Å². The smallest absolute Gasteiger partial charge is 0.307 e. The van der Waals surface area contributed by atoms with Crippen molar-refractivity contribution in [2.75, 3.05) is 13.1 Å². The summed E-state index contributed by atoms with van der Waals surface area (Å²) in [6.07, 6.45) is 0.822. The van der Waals surface area contributed by atoms with Gasteiger partial charge in [0.2, 0.25) is 0 Å². The highest BCUT2D eigenvalue weighted by Gasteiger charge is 2.23. The fourth-order valence-electron chi connectivity index (χ4n) is 1.34. The van der Waals surface area contributed by atoms with Crippen molar-refractivity contribution >= 4 is 5.97 Å². The molecule has 1 heterocycles. The molecule has 0 radical (unpaired) electrons. The largest absolute Gasteiger partial charge is 0.481 e. The molecular formula is C7H13NO2. The van der Waals surface area contributed by atoms with Crippen LogP contribution in [0.15, 0.2) is 0 Å². The van der Waals surface area contributed by atoms with Gasteiger partial charge in [0, 0.05) is 6.54 Å². The van der Waals surface area contributed by atoms with Gasteiger partial charge < -0.3 is 10.4 Å². The lowest BCUT2D eigenvalue weighted by atomic mass is 9.92. The predicted molar refractivity (Wildman–Crippen MR) is 37.8 cm³/mol. The number of carbonyl (C=O) groups is 1. The Morgan fingerprint density at radius 3 is 2.70 bits per heavy atom. The standard InChI is InChI=1S/C7H13NO2/c1-5-2-6(7(9)10)4-8-3-5/h5-6,8H,2-4H2,1H3,(H,9,10)/t5-,6-/m1/s1. The third-order valence-corrected chi connectivity index (χ3v) is 1.92. The highest BCUT2D eigenvalue weighted by molar-refractivity contribution is 5.70. The van der Waals surface area contributed by atoms with Crippen LogP contribution in [0.1, 0.15) is 13.3 Å². The summed E-state index contributed by atoms with van der Waals surface area (Å²) >= 11 is 0. The molecule has 1 fully saturated rings. The van der Waals surface area contributed by atoms with E-state index in [0.717, 1.165) is 13.0 Å². The van der Waals surface area contributed by atoms with Gasteiger partial charge in [-0.15, -0.1) is 0 Å². The van der Waals surface area contributed by atoms with Crippen molar-refractivity contribution in [3.8, 4) is 0 Å². The van der Waals surface area contributed by atoms with Crippen molar-refractivity contribution in [2.45, 2.75) is 13.3 Å². The third kappa shape index (κ3) is 1.70. The Morgan fingerprint density at radius 1 is 1.60 bits per heavy atom. The summed E-state index contributed by atoms with van der Waals surface area (Å²) in [6, 6.07) is 0. The molecule has 2 N–H and O–H groups in total. The van der Waals surface area contributed by atoms with Crippen molar-refractivity contribution in [3.05, 3.63) is 0 Å². The number of aliphatic carboxylic acids is 1. The van der Waals surface area contributed by atoms with Gasteiger partial charge in [-0.3, -0.25) is 4.79 Å². The van der Waals surface area contributed by atoms with Gasteiger partial charge in [-0.05, 0) is 18.9 Å². The van der Waals surface area contributed by atoms with Gasteiger partial charge in [0.1, 0.15) is 0 Å². The molecule has 1 saturated heterocycles. The molecule has 2 atom stereocenters. The Labute approximate surface area is 60.4 Å². The summed E-state index contributed by atoms with van der Waals surface area (Å²) < 4.78 is 0. The van der Waals surface area contributed by atoms with Crippen molar-refractivity contribution in [2.24, 2.45) is 11.8 Å². The summed E-state index contributed by atoms with van der Waals surface area (Å²) in [4.78, 5) is 10.5. The van der Waals surface area contributed by atoms with Gasteiger partial charge in [-0.1, -0.05) is 6.92 Å². The molecule has 10 heavy (non-hydrogen) atoms. The van der Waals surface area contributed by atoms with E-state index in [1.807, 2.05) is 0 Å². The van der Waals surface area contributed by atoms with Gasteiger partial charge in [0.25, 0.3) is 0 Å². The summed E-state index contributed by atoms with van der Waals surface area (Å²) in [5.41, 5.74) is 0. The van der Waals surface area contributed by atoms with E-state index in [4.69, 9.17) is 5.11 Å². The van der Waals surface area contributed by atoms with Gasteiger partial charge in [0.15, 0.2) is 0 Å². The second-order valence-corrected chi connectivity index (χ2v) is 3.03. The molecule has 0 aromatic rings. The number of rotatable bonds is 1. The molecule has 0 bridgehead atoms. The van der Waals surface area contributed by atoms with Crippen LogP contribution in [0.3, 0.4) is 0 Å². The first kappa shape index (κ1) is 7.54. The van der Waals surface area contributed by atoms with Gasteiger partial charge in [-0.2, -0.15) is 0 Å². The maximum atomic E-state index is 10.5. The lowest BCUT2D eigenvalue weighted by Crippen LogP contribution is -2.38. The first-order chi connectivity index (χ1) is 4.70. The second kappa shape index (κ2) is 3.01. The molecule has 1 rings (SSSR count). The Hall–Kier alpha value is -0.570. The average molecular weight is 143 g/mol. The molecular weight excluding hydrogens is 130 g/mol. The number of nitrogens with one attached hydrogen (secondary N) is 1. The van der Waals surface area contributed by atoms with Crippen LogP contribution < -0.4 is 5.32 Å². The molecule has 0 saturated carbocycles. The topological polar surface area (TPSA) is 49.3 Å². The summed E-state index contributed by atoms with van der Waals surface area (Å²) in [7, 11) is 0. The lowest BCUT2D eigenvalue weighted by Gasteiger charge is -2.24. The zero-order valence-corrected chi connectivity index (χ0v) is 6.13. The molecule has 0 unspecified atom stereocenters. The van der Waals surface area contributed by atoms with Gasteiger partial charge in [0.05, 0.1) is 5.92 Å². The van der Waals surface area contributed by atoms with Crippen LogP contribution in [0.4, 0.5) is 0 Å². The molecule has 0 aromatic heterocycles. The summed E-state index contributed by atoms with van der Waals surface area (Å²) in [6.45, 7) is 3.67. The van der Waals surface area contributed by atoms with Crippen LogP contribution in [0, 0.1) is 11.8 Å². The van der Waals surface area contributed by atoms with E-state index in [9.17, 15) is 4.79 Å². The number of piperidine rings is 1. The first-order valence-corrected chi connectivity index (χ1v) is 3.63. The van der Waals surface area contributed by atoms with E-state index in [2.05, 4.69) is 12.2 Å². The Balaban J connectivity index is 2.39. The molecule has 0 aliphatic carbocycles. The molecule has 1 aliphatic heterocycles. The van der Waals surface area contributed by atoms with Crippen molar-refractivity contribution < 1.29 is 9.90 Å². The van der Waals surface area contributed by atoms with E-state index in [1.54, 1.807) is 0 Å². The highest BCUT2D eigenvalue weighted by Crippen LogP contribution is 2.15. The minimum Gasteiger partial charge on any atom is -0.481 e. The molecule has 0 amide bonds. The molecule has 3 nitrogen and oxygen atoms in total. The van der Waals surface area contributed by atoms with Crippen LogP contribution in [-0.2, 0) is 4.79 Å². The Morgan fingerprint density at radius 2 is 2.30 bits per heavy atom. The average Bonchev–Trinajstić information content (AvgIpc) is 1.88. The minimum absolute atomic E-state index is 0.163. The summed E-state index contributed by atoms with van der Waals surface area (Å²) in [5.74, 6) is -0.322. The van der Waals surface area contributed by atoms with E-state index in [1.165, 1.54) is 0 Å². The van der Waals surface area contributed by atoms with E-state index < -0.39 is 5.97 Å². The molecule has 3 heteroatoms. The third-order valence-electron chi connectivity index (χ3n) is 1.92. The number of hydrogen-bond donors (Lipinski definition) is 2. The zero-order chi connectivity index (χ0) is 7.56. The quantitative estimate of drug-likeness (QED) is 0.555. The number of carboxylic acids is 1. The highest BCUT2D eigenvalue weighted by atomic mass is 16.4. The SMILES string of the molecule is C[C@H]1CNC[C@H](C(=O)O)C1. The van der Waals surface area contributed by atoms with Crippen LogP contribution in [-0.4, -0.2) is 24.2 Å². The van der Waals surface area contributed by atoms with Gasteiger partial charge in [-0.25, -0.2) is 0 Å². The van der Waals surface area contributed by atoms with Crippen molar-refractivity contribution in [3.63, 3.8) is 0 Å². The monoisotopic (exact) mass is 143 g/mol. The van der Waals surface area contributed by atoms with Crippen molar-refractivity contribution in [1.29, 1.82) is 0 Å². The molecule has 0 spiro atoms. The zero-order valence-electron chi connectivity index (χ0n) is 6.13. The fourth-order valence-corrected chi connectivity index (χ4v) is 1.34. The van der Waals surface area contributed by atoms with E-state index in [0.29, 0.717) is 12.5 Å². The minimum atomic E-state index is -0.668. The molecule has 1 aliphatic rings. The molecule has 0 aromatic carbocycles. The second-order valence-electron chi connectivity index (χ2n) is 3.03. The van der Waals surface area contributed by atoms with E-state index >= 15 is 0 Å². The first-order valence-electron chi connectivity index (χ1n) is 3.63. The normalized spacial score (nSPS) is 33.7. The summed E-state index contributed by atoms with van der Waals surface area (Å²) in [5, 5.41) is 11.7. The fraction of sp³-hybridized carbons (Fsp3) is 0.857. The van der Waals surface area contributed by atoms with E-state index in [-0.39, 0.29) is 5.92 Å². The predicted octanol–water partition coefficient (Wildman–Crippen LogP) is 0.317. The van der Waals surface area contributed by atoms with Crippen LogP contribution in [0.5, 0.6) is 0 Å². The Bertz CT molecular complexity index is 136. The number of hydrogen-bond acceptors (Lipinski definition) is 2. The van der Waals surface area contributed by atoms with Gasteiger partial charge >= 0.3 is 5.97 Å². The Kier molecular flexibility index (Phi) is 2.27. The number of carboxylic acid groups (broad SMARTS) is 1. The molecule has 58 valence electrons. The maximum Gasteiger partial charge on any atom is 0.307 e. The van der Waals surface area contributed by atoms with Crippen LogP contribution >= 0.6 is 0 Å². The van der Waals surface area contributed by atoms with Crippen LogP contribution in [0.2, 0.25) is 0 Å². The van der Waals surface area contributed by atoms with Crippen LogP contribution in [0.25, 0.3) is 0 Å².